The Morgan fingerprint density at radius 1 is 1.44 bits per heavy atom. The van der Waals surface area contributed by atoms with Gasteiger partial charge in [0, 0.05) is 13.1 Å². The number of hydrogen-bond acceptors (Lipinski definition) is 4. The summed E-state index contributed by atoms with van der Waals surface area (Å²) in [7, 11) is 1.89. The van der Waals surface area contributed by atoms with Gasteiger partial charge in [0.2, 0.25) is 0 Å². The summed E-state index contributed by atoms with van der Waals surface area (Å²) in [4.78, 5) is 0. The van der Waals surface area contributed by atoms with Crippen LogP contribution in [0.2, 0.25) is 0 Å². The number of nitrogens with one attached hydrogen (secondary N) is 1. The Morgan fingerprint density at radius 2 is 2.22 bits per heavy atom. The van der Waals surface area contributed by atoms with Gasteiger partial charge in [-0.05, 0) is 36.8 Å². The van der Waals surface area contributed by atoms with Gasteiger partial charge in [-0.3, -0.25) is 4.68 Å². The summed E-state index contributed by atoms with van der Waals surface area (Å²) >= 11 is 3.58. The van der Waals surface area contributed by atoms with E-state index in [9.17, 15) is 0 Å². The number of hydrogen-bond donors (Lipinski definition) is 1. The van der Waals surface area contributed by atoms with E-state index < -0.39 is 0 Å². The molecule has 0 unspecified atom stereocenters. The zero-order valence-corrected chi connectivity index (χ0v) is 12.4. The van der Waals surface area contributed by atoms with Gasteiger partial charge in [-0.25, -0.2) is 4.68 Å². The minimum Gasteiger partial charge on any atom is -0.314 e. The van der Waals surface area contributed by atoms with Gasteiger partial charge in [0.1, 0.15) is 0 Å². The fraction of sp³-hybridized carbons (Fsp3) is 0.545. The van der Waals surface area contributed by atoms with Crippen LogP contribution in [0.25, 0.3) is 0 Å². The average Bonchev–Trinajstić information content (AvgIpc) is 2.90. The summed E-state index contributed by atoms with van der Waals surface area (Å²) in [6, 6.07) is 0. The summed E-state index contributed by atoms with van der Waals surface area (Å²) in [6.45, 7) is 6.32. The summed E-state index contributed by atoms with van der Waals surface area (Å²) in [5, 5.41) is 15.7. The second-order valence-electron chi connectivity index (χ2n) is 4.10. The predicted octanol–water partition coefficient (Wildman–Crippen LogP) is 1.33. The molecule has 0 spiro atoms. The molecule has 0 radical (unpaired) electrons. The normalized spacial score (nSPS) is 11.1. The lowest BCUT2D eigenvalue weighted by molar-refractivity contribution is 0.563. The minimum atomic E-state index is 0.673. The molecule has 0 aromatic carbocycles. The van der Waals surface area contributed by atoms with Gasteiger partial charge < -0.3 is 5.32 Å². The van der Waals surface area contributed by atoms with Crippen molar-refractivity contribution in [2.24, 2.45) is 0 Å². The lowest BCUT2D eigenvalue weighted by Gasteiger charge is -2.04. The number of aryl methyl sites for hydroxylation is 2. The van der Waals surface area contributed by atoms with Crippen LogP contribution in [0.1, 0.15) is 24.0 Å². The fourth-order valence-corrected chi connectivity index (χ4v) is 2.26. The monoisotopic (exact) mass is 312 g/mol. The zero-order valence-electron chi connectivity index (χ0n) is 10.8. The fourth-order valence-electron chi connectivity index (χ4n) is 1.85. The highest BCUT2D eigenvalue weighted by Crippen LogP contribution is 2.21. The first-order chi connectivity index (χ1) is 8.65. The van der Waals surface area contributed by atoms with E-state index in [-0.39, 0.29) is 0 Å². The smallest absolute Gasteiger partial charge is 0.0964 e. The SMILES string of the molecule is CCn1nc(C)c(Br)c1Cn1cc(CNC)nn1. The van der Waals surface area contributed by atoms with E-state index in [1.807, 2.05) is 29.5 Å². The Morgan fingerprint density at radius 3 is 2.89 bits per heavy atom. The van der Waals surface area contributed by atoms with Crippen molar-refractivity contribution >= 4 is 15.9 Å². The molecule has 6 nitrogen and oxygen atoms in total. The molecule has 98 valence electrons. The molecular weight excluding hydrogens is 296 g/mol. The molecule has 2 aromatic heterocycles. The first-order valence-corrected chi connectivity index (χ1v) is 6.70. The summed E-state index contributed by atoms with van der Waals surface area (Å²) in [5.74, 6) is 0. The van der Waals surface area contributed by atoms with Crippen LogP contribution in [0.4, 0.5) is 0 Å². The van der Waals surface area contributed by atoms with Crippen molar-refractivity contribution in [2.75, 3.05) is 7.05 Å². The van der Waals surface area contributed by atoms with Crippen molar-refractivity contribution < 1.29 is 0 Å². The first-order valence-electron chi connectivity index (χ1n) is 5.91. The van der Waals surface area contributed by atoms with Crippen molar-refractivity contribution in [1.29, 1.82) is 0 Å². The van der Waals surface area contributed by atoms with Gasteiger partial charge in [-0.15, -0.1) is 5.10 Å². The molecule has 0 aliphatic carbocycles. The highest BCUT2D eigenvalue weighted by molar-refractivity contribution is 9.10. The summed E-state index contributed by atoms with van der Waals surface area (Å²) < 4.78 is 4.87. The topological polar surface area (TPSA) is 60.6 Å². The molecule has 0 atom stereocenters. The molecule has 0 saturated carbocycles. The molecule has 7 heteroatoms. The Hall–Kier alpha value is -1.21. The maximum atomic E-state index is 4.46. The molecular formula is C11H17BrN6. The van der Waals surface area contributed by atoms with E-state index >= 15 is 0 Å². The van der Waals surface area contributed by atoms with Crippen LogP contribution in [0.15, 0.2) is 10.7 Å². The summed E-state index contributed by atoms with van der Waals surface area (Å²) in [5.41, 5.74) is 3.06. The maximum Gasteiger partial charge on any atom is 0.0964 e. The van der Waals surface area contributed by atoms with Crippen LogP contribution in [0.3, 0.4) is 0 Å². The highest BCUT2D eigenvalue weighted by Gasteiger charge is 2.13. The first kappa shape index (κ1) is 13.2. The van der Waals surface area contributed by atoms with E-state index in [2.05, 4.69) is 43.6 Å². The van der Waals surface area contributed by atoms with E-state index in [0.29, 0.717) is 6.54 Å². The van der Waals surface area contributed by atoms with Crippen LogP contribution in [0.5, 0.6) is 0 Å². The van der Waals surface area contributed by atoms with Crippen molar-refractivity contribution in [3.8, 4) is 0 Å². The van der Waals surface area contributed by atoms with Crippen LogP contribution in [0, 0.1) is 6.92 Å². The highest BCUT2D eigenvalue weighted by atomic mass is 79.9. The lowest BCUT2D eigenvalue weighted by Crippen LogP contribution is -2.09. The number of rotatable bonds is 5. The van der Waals surface area contributed by atoms with Crippen molar-refractivity contribution in [3.05, 3.63) is 27.8 Å². The standard InChI is InChI=1S/C11H17BrN6/c1-4-18-10(11(12)8(2)15-18)7-17-6-9(5-13-3)14-16-17/h6,13H,4-5,7H2,1-3H3. The Labute approximate surface area is 114 Å². The van der Waals surface area contributed by atoms with E-state index in [1.165, 1.54) is 0 Å². The zero-order chi connectivity index (χ0) is 13.1. The molecule has 0 amide bonds. The van der Waals surface area contributed by atoms with E-state index in [4.69, 9.17) is 0 Å². The number of halogens is 1. The molecule has 0 fully saturated rings. The van der Waals surface area contributed by atoms with Crippen LogP contribution >= 0.6 is 15.9 Å². The maximum absolute atomic E-state index is 4.46. The third-order valence-corrected chi connectivity index (χ3v) is 3.74. The minimum absolute atomic E-state index is 0.673. The van der Waals surface area contributed by atoms with E-state index in [1.54, 1.807) is 0 Å². The van der Waals surface area contributed by atoms with Crippen LogP contribution in [-0.4, -0.2) is 31.8 Å². The van der Waals surface area contributed by atoms with Crippen molar-refractivity contribution in [3.63, 3.8) is 0 Å². The van der Waals surface area contributed by atoms with Gasteiger partial charge in [0.25, 0.3) is 0 Å². The molecule has 0 bridgehead atoms. The van der Waals surface area contributed by atoms with Crippen molar-refractivity contribution in [2.45, 2.75) is 33.5 Å². The van der Waals surface area contributed by atoms with Crippen molar-refractivity contribution in [1.82, 2.24) is 30.1 Å². The predicted molar refractivity (Wildman–Crippen MR) is 72.2 cm³/mol. The average molecular weight is 313 g/mol. The molecule has 0 aliphatic rings. The molecule has 0 aliphatic heterocycles. The van der Waals surface area contributed by atoms with Gasteiger partial charge in [-0.1, -0.05) is 5.21 Å². The third-order valence-electron chi connectivity index (χ3n) is 2.71. The molecule has 18 heavy (non-hydrogen) atoms. The molecule has 2 rings (SSSR count). The van der Waals surface area contributed by atoms with E-state index in [0.717, 1.165) is 34.6 Å². The summed E-state index contributed by atoms with van der Waals surface area (Å²) in [6.07, 6.45) is 1.95. The van der Waals surface area contributed by atoms with Crippen LogP contribution < -0.4 is 5.32 Å². The second kappa shape index (κ2) is 5.62. The number of aromatic nitrogens is 5. The lowest BCUT2D eigenvalue weighted by atomic mass is 10.3. The Kier molecular flexibility index (Phi) is 4.13. The number of nitrogens with zero attached hydrogens (tertiary/aromatic N) is 5. The second-order valence-corrected chi connectivity index (χ2v) is 4.89. The Balaban J connectivity index is 2.22. The molecule has 0 saturated heterocycles. The third kappa shape index (κ3) is 2.62. The van der Waals surface area contributed by atoms with Gasteiger partial charge in [0.15, 0.2) is 0 Å². The molecule has 1 N–H and O–H groups in total. The molecule has 2 heterocycles. The molecule has 2 aromatic rings. The van der Waals surface area contributed by atoms with Gasteiger partial charge in [-0.2, -0.15) is 5.10 Å². The van der Waals surface area contributed by atoms with Gasteiger partial charge >= 0.3 is 0 Å². The quantitative estimate of drug-likeness (QED) is 0.905. The Bertz CT molecular complexity index is 530. The van der Waals surface area contributed by atoms with Crippen LogP contribution in [-0.2, 0) is 19.6 Å². The van der Waals surface area contributed by atoms with Gasteiger partial charge in [0.05, 0.1) is 34.3 Å². The largest absolute Gasteiger partial charge is 0.314 e.